The van der Waals surface area contributed by atoms with Crippen LogP contribution >= 0.6 is 23.2 Å². The van der Waals surface area contributed by atoms with Gasteiger partial charge in [0.1, 0.15) is 5.75 Å². The number of carbonyl (C=O) groups is 1. The summed E-state index contributed by atoms with van der Waals surface area (Å²) in [6, 6.07) is 5.51. The summed E-state index contributed by atoms with van der Waals surface area (Å²) in [5.41, 5.74) is 0. The molecule has 0 bridgehead atoms. The Labute approximate surface area is 153 Å². The minimum atomic E-state index is -0.0452. The molecule has 0 spiro atoms. The molecule has 7 heteroatoms. The van der Waals surface area contributed by atoms with E-state index in [1.807, 2.05) is 4.90 Å². The van der Waals surface area contributed by atoms with Crippen molar-refractivity contribution in [3.05, 3.63) is 28.2 Å². The zero-order valence-electron chi connectivity index (χ0n) is 14.3. The highest BCUT2D eigenvalue weighted by atomic mass is 35.5. The Morgan fingerprint density at radius 3 is 2.54 bits per heavy atom. The van der Waals surface area contributed by atoms with Gasteiger partial charge in [0.25, 0.3) is 5.91 Å². The van der Waals surface area contributed by atoms with Gasteiger partial charge in [-0.1, -0.05) is 23.2 Å². The molecule has 1 amide bonds. The molecule has 1 saturated heterocycles. The van der Waals surface area contributed by atoms with E-state index < -0.39 is 0 Å². The number of hydrogen-bond acceptors (Lipinski definition) is 4. The van der Waals surface area contributed by atoms with Gasteiger partial charge in [0, 0.05) is 49.9 Å². The quantitative estimate of drug-likeness (QED) is 0.767. The maximum Gasteiger partial charge on any atom is 0.260 e. The summed E-state index contributed by atoms with van der Waals surface area (Å²) in [5, 5.41) is 0.967. The van der Waals surface area contributed by atoms with Gasteiger partial charge in [-0.2, -0.15) is 0 Å². The molecule has 0 saturated carbocycles. The SMILES string of the molecule is COCCN1C(C)CN(C(=O)COc2cc(Cl)ccc2Cl)CC1C. The largest absolute Gasteiger partial charge is 0.482 e. The number of halogens is 2. The lowest BCUT2D eigenvalue weighted by Gasteiger charge is -2.44. The minimum Gasteiger partial charge on any atom is -0.482 e. The van der Waals surface area contributed by atoms with E-state index >= 15 is 0 Å². The number of methoxy groups -OCH3 is 1. The Bertz CT molecular complexity index is 559. The van der Waals surface area contributed by atoms with Crippen LogP contribution in [0.3, 0.4) is 0 Å². The Hall–Kier alpha value is -1.01. The van der Waals surface area contributed by atoms with E-state index in [4.69, 9.17) is 32.7 Å². The van der Waals surface area contributed by atoms with Gasteiger partial charge in [-0.25, -0.2) is 0 Å². The maximum absolute atomic E-state index is 12.5. The molecule has 0 aromatic heterocycles. The van der Waals surface area contributed by atoms with Gasteiger partial charge < -0.3 is 14.4 Å². The molecule has 0 N–H and O–H groups in total. The number of hydrogen-bond donors (Lipinski definition) is 0. The number of rotatable bonds is 6. The summed E-state index contributed by atoms with van der Waals surface area (Å²) in [7, 11) is 1.70. The third-order valence-electron chi connectivity index (χ3n) is 4.25. The van der Waals surface area contributed by atoms with Crippen molar-refractivity contribution in [2.45, 2.75) is 25.9 Å². The van der Waals surface area contributed by atoms with Crippen molar-refractivity contribution >= 4 is 29.1 Å². The molecule has 1 aromatic carbocycles. The van der Waals surface area contributed by atoms with Crippen LogP contribution in [-0.4, -0.2) is 67.7 Å². The van der Waals surface area contributed by atoms with Crippen LogP contribution in [0.5, 0.6) is 5.75 Å². The molecule has 134 valence electrons. The molecule has 1 heterocycles. The molecule has 1 aliphatic heterocycles. The molecule has 24 heavy (non-hydrogen) atoms. The maximum atomic E-state index is 12.5. The Kier molecular flexibility index (Phi) is 7.16. The van der Waals surface area contributed by atoms with Crippen molar-refractivity contribution in [2.24, 2.45) is 0 Å². The van der Waals surface area contributed by atoms with Crippen molar-refractivity contribution in [2.75, 3.05) is 40.0 Å². The van der Waals surface area contributed by atoms with Crippen molar-refractivity contribution < 1.29 is 14.3 Å². The van der Waals surface area contributed by atoms with Gasteiger partial charge in [-0.05, 0) is 26.0 Å². The molecule has 1 aliphatic rings. The van der Waals surface area contributed by atoms with Crippen LogP contribution in [-0.2, 0) is 9.53 Å². The Balaban J connectivity index is 1.90. The lowest BCUT2D eigenvalue weighted by atomic mass is 10.1. The van der Waals surface area contributed by atoms with Gasteiger partial charge >= 0.3 is 0 Å². The zero-order valence-corrected chi connectivity index (χ0v) is 15.8. The fraction of sp³-hybridized carbons (Fsp3) is 0.588. The van der Waals surface area contributed by atoms with E-state index in [1.54, 1.807) is 25.3 Å². The fourth-order valence-electron chi connectivity index (χ4n) is 3.02. The van der Waals surface area contributed by atoms with Crippen LogP contribution < -0.4 is 4.74 Å². The van der Waals surface area contributed by atoms with E-state index in [0.717, 1.165) is 6.54 Å². The van der Waals surface area contributed by atoms with Gasteiger partial charge in [0.05, 0.1) is 11.6 Å². The van der Waals surface area contributed by atoms with Gasteiger partial charge in [-0.15, -0.1) is 0 Å². The second-order valence-corrected chi connectivity index (χ2v) is 6.93. The topological polar surface area (TPSA) is 42.0 Å². The zero-order chi connectivity index (χ0) is 17.7. The average molecular weight is 375 g/mol. The summed E-state index contributed by atoms with van der Waals surface area (Å²) in [4.78, 5) is 16.7. The van der Waals surface area contributed by atoms with Crippen LogP contribution in [0.2, 0.25) is 10.0 Å². The standard InChI is InChI=1S/C17H24Cl2N2O3/c1-12-9-20(10-13(2)21(12)6-7-23-3)17(22)11-24-16-8-14(18)4-5-15(16)19/h4-5,8,12-13H,6-7,9-11H2,1-3H3. The molecule has 0 radical (unpaired) electrons. The number of piperazine rings is 1. The molecule has 2 unspecified atom stereocenters. The Morgan fingerprint density at radius 1 is 1.25 bits per heavy atom. The number of amides is 1. The molecule has 2 atom stereocenters. The third kappa shape index (κ3) is 4.99. The van der Waals surface area contributed by atoms with Gasteiger partial charge in [-0.3, -0.25) is 9.69 Å². The van der Waals surface area contributed by atoms with E-state index in [1.165, 1.54) is 0 Å². The number of carbonyl (C=O) groups excluding carboxylic acids is 1. The lowest BCUT2D eigenvalue weighted by Crippen LogP contribution is -2.59. The van der Waals surface area contributed by atoms with E-state index in [2.05, 4.69) is 18.7 Å². The molecule has 0 aliphatic carbocycles. The van der Waals surface area contributed by atoms with Crippen molar-refractivity contribution in [3.63, 3.8) is 0 Å². The molecule has 1 fully saturated rings. The second-order valence-electron chi connectivity index (χ2n) is 6.09. The minimum absolute atomic E-state index is 0.0441. The second kappa shape index (κ2) is 8.90. The van der Waals surface area contributed by atoms with Crippen molar-refractivity contribution in [1.82, 2.24) is 9.80 Å². The van der Waals surface area contributed by atoms with Crippen LogP contribution in [0, 0.1) is 0 Å². The number of nitrogens with zero attached hydrogens (tertiary/aromatic N) is 2. The van der Waals surface area contributed by atoms with Crippen molar-refractivity contribution in [1.29, 1.82) is 0 Å². The number of ether oxygens (including phenoxy) is 2. The van der Waals surface area contributed by atoms with Crippen LogP contribution in [0.1, 0.15) is 13.8 Å². The molecule has 1 aromatic rings. The highest BCUT2D eigenvalue weighted by Gasteiger charge is 2.31. The van der Waals surface area contributed by atoms with Crippen LogP contribution in [0.15, 0.2) is 18.2 Å². The first-order chi connectivity index (χ1) is 11.4. The Morgan fingerprint density at radius 2 is 1.92 bits per heavy atom. The first kappa shape index (κ1) is 19.3. The highest BCUT2D eigenvalue weighted by Crippen LogP contribution is 2.27. The fourth-order valence-corrected chi connectivity index (χ4v) is 3.35. The van der Waals surface area contributed by atoms with E-state index in [0.29, 0.717) is 35.5 Å². The summed E-state index contributed by atoms with van der Waals surface area (Å²) in [5.74, 6) is 0.383. The van der Waals surface area contributed by atoms with Crippen LogP contribution in [0.4, 0.5) is 0 Å². The molecular formula is C17H24Cl2N2O3. The highest BCUT2D eigenvalue weighted by molar-refractivity contribution is 6.34. The summed E-state index contributed by atoms with van der Waals surface area (Å²) in [6.07, 6.45) is 0. The third-order valence-corrected chi connectivity index (χ3v) is 4.80. The van der Waals surface area contributed by atoms with E-state index in [9.17, 15) is 4.79 Å². The summed E-state index contributed by atoms with van der Waals surface area (Å²) < 4.78 is 10.7. The predicted octanol–water partition coefficient (Wildman–Crippen LogP) is 2.94. The normalized spacial score (nSPS) is 21.8. The molecule has 5 nitrogen and oxygen atoms in total. The summed E-state index contributed by atoms with van der Waals surface area (Å²) >= 11 is 12.0. The van der Waals surface area contributed by atoms with Crippen molar-refractivity contribution in [3.8, 4) is 5.75 Å². The molecule has 2 rings (SSSR count). The predicted molar refractivity (Wildman–Crippen MR) is 96.0 cm³/mol. The number of benzene rings is 1. The monoisotopic (exact) mass is 374 g/mol. The van der Waals surface area contributed by atoms with E-state index in [-0.39, 0.29) is 24.6 Å². The summed E-state index contributed by atoms with van der Waals surface area (Å²) in [6.45, 7) is 7.13. The average Bonchev–Trinajstić information content (AvgIpc) is 2.54. The van der Waals surface area contributed by atoms with Gasteiger partial charge in [0.2, 0.25) is 0 Å². The first-order valence-corrected chi connectivity index (χ1v) is 8.78. The molecular weight excluding hydrogens is 351 g/mol. The van der Waals surface area contributed by atoms with Gasteiger partial charge in [0.15, 0.2) is 6.61 Å². The smallest absolute Gasteiger partial charge is 0.260 e. The first-order valence-electron chi connectivity index (χ1n) is 8.02. The van der Waals surface area contributed by atoms with Crippen LogP contribution in [0.25, 0.3) is 0 Å². The lowest BCUT2D eigenvalue weighted by molar-refractivity contribution is -0.137.